The Balaban J connectivity index is 1.60. The van der Waals surface area contributed by atoms with Crippen molar-refractivity contribution in [3.8, 4) is 23.6 Å². The van der Waals surface area contributed by atoms with Gasteiger partial charge < -0.3 is 16.4 Å². The van der Waals surface area contributed by atoms with Crippen molar-refractivity contribution in [1.29, 1.82) is 5.26 Å². The third kappa shape index (κ3) is 4.60. The van der Waals surface area contributed by atoms with Gasteiger partial charge in [-0.25, -0.2) is 4.98 Å². The van der Waals surface area contributed by atoms with Crippen LogP contribution in [0.4, 0.5) is 17.6 Å². The molecule has 1 aliphatic rings. The van der Waals surface area contributed by atoms with E-state index in [1.54, 1.807) is 4.57 Å². The maximum Gasteiger partial charge on any atom is 0.267 e. The summed E-state index contributed by atoms with van der Waals surface area (Å²) in [6, 6.07) is 26.3. The summed E-state index contributed by atoms with van der Waals surface area (Å²) in [4.78, 5) is 29.9. The fraction of sp³-hybridized carbons (Fsp3) is 0.156. The Hall–Kier alpha value is -5.67. The van der Waals surface area contributed by atoms with E-state index in [0.717, 1.165) is 12.0 Å². The molecule has 1 fully saturated rings. The predicted octanol–water partition coefficient (Wildman–Crippen LogP) is 4.34. The lowest BCUT2D eigenvalue weighted by Crippen LogP contribution is -2.36. The molecule has 0 unspecified atom stereocenters. The smallest absolute Gasteiger partial charge is 0.267 e. The highest BCUT2D eigenvalue weighted by Gasteiger charge is 2.38. The number of hydrogen-bond acceptors (Lipinski definition) is 8. The van der Waals surface area contributed by atoms with Gasteiger partial charge >= 0.3 is 0 Å². The van der Waals surface area contributed by atoms with E-state index in [4.69, 9.17) is 16.5 Å². The Bertz CT molecular complexity index is 1930. The minimum absolute atomic E-state index is 0.0152. The number of benzene rings is 3. The highest BCUT2D eigenvalue weighted by molar-refractivity contribution is 5.85. The topological polar surface area (TPSA) is 140 Å². The maximum absolute atomic E-state index is 14.4. The summed E-state index contributed by atoms with van der Waals surface area (Å²) in [5, 5.41) is 10.4. The molecule has 0 amide bonds. The van der Waals surface area contributed by atoms with Crippen LogP contribution in [0.2, 0.25) is 0 Å². The molecule has 0 radical (unpaired) electrons. The van der Waals surface area contributed by atoms with Crippen LogP contribution < -0.4 is 21.9 Å². The molecule has 0 saturated carbocycles. The molecule has 1 saturated heterocycles. The Morgan fingerprint density at radius 1 is 0.878 bits per heavy atom. The second-order valence-corrected chi connectivity index (χ2v) is 9.89. The van der Waals surface area contributed by atoms with Crippen molar-refractivity contribution in [2.75, 3.05) is 16.4 Å². The first-order chi connectivity index (χ1) is 20.0. The number of nitrogens with zero attached hydrogens (tertiary/aromatic N) is 6. The zero-order chi connectivity index (χ0) is 28.5. The average molecular weight is 539 g/mol. The Kier molecular flexibility index (Phi) is 6.54. The second-order valence-electron chi connectivity index (χ2n) is 9.89. The van der Waals surface area contributed by atoms with E-state index in [1.165, 1.54) is 0 Å². The van der Waals surface area contributed by atoms with E-state index in [-0.39, 0.29) is 35.0 Å². The van der Waals surface area contributed by atoms with Crippen molar-refractivity contribution >= 4 is 28.5 Å². The monoisotopic (exact) mass is 538 g/mol. The van der Waals surface area contributed by atoms with Gasteiger partial charge in [-0.15, -0.1) is 0 Å². The van der Waals surface area contributed by atoms with Gasteiger partial charge in [0, 0.05) is 17.2 Å². The van der Waals surface area contributed by atoms with Gasteiger partial charge in [-0.2, -0.15) is 15.2 Å². The number of rotatable bonds is 3. The molecule has 0 bridgehead atoms. The summed E-state index contributed by atoms with van der Waals surface area (Å²) in [7, 11) is 0. The van der Waals surface area contributed by atoms with E-state index in [2.05, 4.69) is 27.9 Å². The minimum Gasteiger partial charge on any atom is -0.382 e. The summed E-state index contributed by atoms with van der Waals surface area (Å²) < 4.78 is 1.64. The normalized spacial score (nSPS) is 16.2. The SMILES string of the molecule is C[C@H]1CC[C@@H](c2nc3cccc(C#Cc4ccccc4)c3c(=O)n2-c2ccccc2)N1c1nc(N)nc(N)c1C#N. The first kappa shape index (κ1) is 25.6. The van der Waals surface area contributed by atoms with E-state index < -0.39 is 0 Å². The van der Waals surface area contributed by atoms with Crippen LogP contribution in [0, 0.1) is 23.2 Å². The van der Waals surface area contributed by atoms with Crippen LogP contribution in [0.3, 0.4) is 0 Å². The fourth-order valence-corrected chi connectivity index (χ4v) is 5.43. The number of nitrogen functional groups attached to an aromatic ring is 2. The average Bonchev–Trinajstić information content (AvgIpc) is 3.37. The summed E-state index contributed by atoms with van der Waals surface area (Å²) in [6.45, 7) is 2.04. The fourth-order valence-electron chi connectivity index (χ4n) is 5.43. The molecule has 3 heterocycles. The summed E-state index contributed by atoms with van der Waals surface area (Å²) in [5.74, 6) is 7.21. The largest absolute Gasteiger partial charge is 0.382 e. The Morgan fingerprint density at radius 2 is 1.61 bits per heavy atom. The van der Waals surface area contributed by atoms with Crippen LogP contribution in [0.5, 0.6) is 0 Å². The van der Waals surface area contributed by atoms with Crippen molar-refractivity contribution in [1.82, 2.24) is 19.5 Å². The molecule has 1 aliphatic heterocycles. The Labute approximate surface area is 236 Å². The standard InChI is InChI=1S/C32H26N8O/c1-20-15-18-26(39(20)29-24(19-33)28(34)37-32(35)38-29)30-36-25-14-8-11-22(17-16-21-9-4-2-5-10-21)27(25)31(41)40(30)23-12-6-3-7-13-23/h2-14,20,26H,15,18H2,1H3,(H4,34,35,37,38)/t20-,26-/m0/s1. The molecule has 4 N–H and O–H groups in total. The van der Waals surface area contributed by atoms with Crippen molar-refractivity contribution < 1.29 is 0 Å². The lowest BCUT2D eigenvalue weighted by molar-refractivity contribution is 0.615. The number of nitrogens with two attached hydrogens (primary N) is 2. The highest BCUT2D eigenvalue weighted by Crippen LogP contribution is 2.41. The number of anilines is 3. The van der Waals surface area contributed by atoms with Crippen molar-refractivity contribution in [3.05, 3.63) is 112 Å². The van der Waals surface area contributed by atoms with Gasteiger partial charge in [0.05, 0.1) is 22.6 Å². The van der Waals surface area contributed by atoms with E-state index in [0.29, 0.717) is 40.2 Å². The summed E-state index contributed by atoms with van der Waals surface area (Å²) in [6.07, 6.45) is 1.46. The lowest BCUT2D eigenvalue weighted by atomic mass is 10.1. The van der Waals surface area contributed by atoms with Crippen molar-refractivity contribution in [2.45, 2.75) is 31.8 Å². The molecule has 41 heavy (non-hydrogen) atoms. The third-order valence-corrected chi connectivity index (χ3v) is 7.31. The number of para-hydroxylation sites is 1. The number of nitriles is 1. The number of fused-ring (bicyclic) bond motifs is 1. The quantitative estimate of drug-likeness (QED) is 0.323. The second kappa shape index (κ2) is 10.5. The van der Waals surface area contributed by atoms with Crippen LogP contribution in [-0.2, 0) is 0 Å². The molecule has 6 rings (SSSR count). The van der Waals surface area contributed by atoms with Gasteiger partial charge in [0.15, 0.2) is 5.82 Å². The van der Waals surface area contributed by atoms with Gasteiger partial charge in [-0.1, -0.05) is 54.3 Å². The molecule has 5 aromatic rings. The van der Waals surface area contributed by atoms with Crippen molar-refractivity contribution in [2.24, 2.45) is 0 Å². The van der Waals surface area contributed by atoms with Crippen LogP contribution in [0.25, 0.3) is 16.6 Å². The third-order valence-electron chi connectivity index (χ3n) is 7.31. The van der Waals surface area contributed by atoms with Crippen LogP contribution >= 0.6 is 0 Å². The molecule has 0 aliphatic carbocycles. The summed E-state index contributed by atoms with van der Waals surface area (Å²) >= 11 is 0. The highest BCUT2D eigenvalue weighted by atomic mass is 16.1. The van der Waals surface area contributed by atoms with Crippen LogP contribution in [-0.4, -0.2) is 25.6 Å². The van der Waals surface area contributed by atoms with Crippen molar-refractivity contribution in [3.63, 3.8) is 0 Å². The maximum atomic E-state index is 14.4. The van der Waals surface area contributed by atoms with Crippen LogP contribution in [0.1, 0.15) is 48.3 Å². The molecule has 9 nitrogen and oxygen atoms in total. The molecule has 3 aromatic carbocycles. The van der Waals surface area contributed by atoms with E-state index >= 15 is 0 Å². The first-order valence-electron chi connectivity index (χ1n) is 13.3. The lowest BCUT2D eigenvalue weighted by Gasteiger charge is -2.31. The minimum atomic E-state index is -0.387. The predicted molar refractivity (Wildman–Crippen MR) is 159 cm³/mol. The number of aromatic nitrogens is 4. The molecule has 2 aromatic heterocycles. The molecule has 200 valence electrons. The van der Waals surface area contributed by atoms with Gasteiger partial charge in [-0.05, 0) is 56.2 Å². The molecule has 2 atom stereocenters. The van der Waals surface area contributed by atoms with Gasteiger partial charge in [0.1, 0.15) is 23.3 Å². The zero-order valence-electron chi connectivity index (χ0n) is 22.3. The zero-order valence-corrected chi connectivity index (χ0v) is 22.3. The Morgan fingerprint density at radius 3 is 2.34 bits per heavy atom. The van der Waals surface area contributed by atoms with Gasteiger partial charge in [0.25, 0.3) is 5.56 Å². The number of hydrogen-bond donors (Lipinski definition) is 2. The molecular formula is C32H26N8O. The van der Waals surface area contributed by atoms with E-state index in [9.17, 15) is 10.1 Å². The first-order valence-corrected chi connectivity index (χ1v) is 13.3. The van der Waals surface area contributed by atoms with E-state index in [1.807, 2.05) is 90.7 Å². The molecule has 9 heteroatoms. The van der Waals surface area contributed by atoms with Gasteiger partial charge in [0.2, 0.25) is 5.95 Å². The molecular weight excluding hydrogens is 512 g/mol. The summed E-state index contributed by atoms with van der Waals surface area (Å²) in [5.41, 5.74) is 14.6. The van der Waals surface area contributed by atoms with Gasteiger partial charge in [-0.3, -0.25) is 9.36 Å². The van der Waals surface area contributed by atoms with Crippen LogP contribution in [0.15, 0.2) is 83.7 Å². The molecule has 0 spiro atoms.